The van der Waals surface area contributed by atoms with E-state index in [0.717, 1.165) is 11.6 Å². The van der Waals surface area contributed by atoms with Crippen LogP contribution >= 0.6 is 23.7 Å². The molecule has 2 aliphatic rings. The summed E-state index contributed by atoms with van der Waals surface area (Å²) >= 11 is 1.70. The number of halogens is 1. The highest BCUT2D eigenvalue weighted by Gasteiger charge is 2.30. The SMILES string of the molecule is Cl.c1cc(NC2=NC3CCCCC3N2)cs1. The van der Waals surface area contributed by atoms with Gasteiger partial charge in [0, 0.05) is 5.38 Å². The van der Waals surface area contributed by atoms with Crippen LogP contribution in [0.4, 0.5) is 5.69 Å². The maximum Gasteiger partial charge on any atom is 0.196 e. The van der Waals surface area contributed by atoms with Crippen LogP contribution in [0.2, 0.25) is 0 Å². The van der Waals surface area contributed by atoms with Crippen LogP contribution in [0.5, 0.6) is 0 Å². The fourth-order valence-electron chi connectivity index (χ4n) is 2.35. The number of thiophene rings is 1. The van der Waals surface area contributed by atoms with E-state index in [1.807, 2.05) is 0 Å². The molecule has 1 aliphatic heterocycles. The Labute approximate surface area is 106 Å². The zero-order chi connectivity index (χ0) is 10.1. The molecular weight excluding hydrogens is 242 g/mol. The molecule has 0 spiro atoms. The molecule has 0 bridgehead atoms. The molecule has 1 aromatic heterocycles. The third kappa shape index (κ3) is 2.33. The molecule has 1 aliphatic carbocycles. The maximum absolute atomic E-state index is 4.68. The summed E-state index contributed by atoms with van der Waals surface area (Å²) < 4.78 is 0. The molecule has 1 saturated carbocycles. The Bertz CT molecular complexity index is 363. The molecule has 16 heavy (non-hydrogen) atoms. The number of hydrogen-bond acceptors (Lipinski definition) is 4. The molecule has 1 fully saturated rings. The van der Waals surface area contributed by atoms with Gasteiger partial charge in [-0.2, -0.15) is 11.3 Å². The molecule has 88 valence electrons. The molecule has 2 unspecified atom stereocenters. The number of fused-ring (bicyclic) bond motifs is 1. The number of guanidine groups is 1. The lowest BCUT2D eigenvalue weighted by molar-refractivity contribution is 0.384. The highest BCUT2D eigenvalue weighted by atomic mass is 35.5. The molecule has 3 nitrogen and oxygen atoms in total. The topological polar surface area (TPSA) is 36.4 Å². The second-order valence-electron chi connectivity index (χ2n) is 4.22. The molecule has 0 amide bonds. The normalized spacial score (nSPS) is 27.4. The number of rotatable bonds is 1. The molecule has 2 N–H and O–H groups in total. The van der Waals surface area contributed by atoms with Crippen LogP contribution in [-0.2, 0) is 0 Å². The van der Waals surface area contributed by atoms with Crippen molar-refractivity contribution >= 4 is 35.4 Å². The van der Waals surface area contributed by atoms with E-state index in [-0.39, 0.29) is 12.4 Å². The van der Waals surface area contributed by atoms with Crippen molar-refractivity contribution in [1.82, 2.24) is 5.32 Å². The second kappa shape index (κ2) is 5.06. The van der Waals surface area contributed by atoms with E-state index in [9.17, 15) is 0 Å². The van der Waals surface area contributed by atoms with Gasteiger partial charge in [0.15, 0.2) is 5.96 Å². The van der Waals surface area contributed by atoms with Crippen molar-refractivity contribution in [2.45, 2.75) is 37.8 Å². The van der Waals surface area contributed by atoms with Crippen molar-refractivity contribution in [3.63, 3.8) is 0 Å². The Morgan fingerprint density at radius 1 is 1.38 bits per heavy atom. The van der Waals surface area contributed by atoms with Crippen LogP contribution in [0.3, 0.4) is 0 Å². The molecule has 1 aromatic rings. The first-order valence-electron chi connectivity index (χ1n) is 5.55. The number of nitrogens with one attached hydrogen (secondary N) is 2. The van der Waals surface area contributed by atoms with Gasteiger partial charge in [0.2, 0.25) is 0 Å². The number of anilines is 1. The van der Waals surface area contributed by atoms with E-state index in [2.05, 4.69) is 32.5 Å². The van der Waals surface area contributed by atoms with Gasteiger partial charge >= 0.3 is 0 Å². The summed E-state index contributed by atoms with van der Waals surface area (Å²) in [6.07, 6.45) is 5.18. The van der Waals surface area contributed by atoms with Crippen LogP contribution in [0.1, 0.15) is 25.7 Å². The maximum atomic E-state index is 4.68. The summed E-state index contributed by atoms with van der Waals surface area (Å²) in [4.78, 5) is 4.68. The summed E-state index contributed by atoms with van der Waals surface area (Å²) in [5.41, 5.74) is 1.14. The minimum Gasteiger partial charge on any atom is -0.351 e. The van der Waals surface area contributed by atoms with Crippen molar-refractivity contribution < 1.29 is 0 Å². The lowest BCUT2D eigenvalue weighted by Gasteiger charge is -2.22. The largest absolute Gasteiger partial charge is 0.351 e. The molecule has 0 radical (unpaired) electrons. The second-order valence-corrected chi connectivity index (χ2v) is 5.00. The highest BCUT2D eigenvalue weighted by Crippen LogP contribution is 2.25. The Morgan fingerprint density at radius 3 is 3.00 bits per heavy atom. The fourth-order valence-corrected chi connectivity index (χ4v) is 2.94. The third-order valence-corrected chi connectivity index (χ3v) is 3.81. The van der Waals surface area contributed by atoms with Crippen LogP contribution in [0.25, 0.3) is 0 Å². The first-order valence-corrected chi connectivity index (χ1v) is 6.50. The number of nitrogens with zero attached hydrogens (tertiary/aromatic N) is 1. The minimum atomic E-state index is 0. The van der Waals surface area contributed by atoms with Gasteiger partial charge in [-0.05, 0) is 24.3 Å². The first-order chi connectivity index (χ1) is 7.42. The van der Waals surface area contributed by atoms with Crippen LogP contribution in [0, 0.1) is 0 Å². The van der Waals surface area contributed by atoms with E-state index >= 15 is 0 Å². The molecule has 0 aromatic carbocycles. The Morgan fingerprint density at radius 2 is 2.25 bits per heavy atom. The van der Waals surface area contributed by atoms with E-state index < -0.39 is 0 Å². The standard InChI is InChI=1S/C11H15N3S.ClH/c1-2-4-10-9(3-1)13-11(14-10)12-8-5-6-15-7-8;/h5-7,9-10H,1-4H2,(H2,12,13,14);1H. The molecule has 2 heterocycles. The van der Waals surface area contributed by atoms with Crippen molar-refractivity contribution in [2.75, 3.05) is 5.32 Å². The zero-order valence-corrected chi connectivity index (χ0v) is 10.6. The average molecular weight is 258 g/mol. The monoisotopic (exact) mass is 257 g/mol. The minimum absolute atomic E-state index is 0. The fraction of sp³-hybridized carbons (Fsp3) is 0.545. The molecule has 0 saturated heterocycles. The van der Waals surface area contributed by atoms with E-state index in [1.165, 1.54) is 25.7 Å². The third-order valence-electron chi connectivity index (χ3n) is 3.13. The predicted molar refractivity (Wildman–Crippen MR) is 71.8 cm³/mol. The Kier molecular flexibility index (Phi) is 3.71. The van der Waals surface area contributed by atoms with Crippen molar-refractivity contribution in [3.05, 3.63) is 16.8 Å². The zero-order valence-electron chi connectivity index (χ0n) is 8.98. The Balaban J connectivity index is 0.000000963. The lowest BCUT2D eigenvalue weighted by atomic mass is 9.92. The average Bonchev–Trinajstić information content (AvgIpc) is 2.86. The first kappa shape index (κ1) is 11.7. The predicted octanol–water partition coefficient (Wildman–Crippen LogP) is 2.85. The van der Waals surface area contributed by atoms with Crippen LogP contribution in [0.15, 0.2) is 21.8 Å². The lowest BCUT2D eigenvalue weighted by Crippen LogP contribution is -2.38. The highest BCUT2D eigenvalue weighted by molar-refractivity contribution is 7.08. The summed E-state index contributed by atoms with van der Waals surface area (Å²) in [7, 11) is 0. The Hall–Kier alpha value is -0.740. The van der Waals surface area contributed by atoms with E-state index in [0.29, 0.717) is 12.1 Å². The number of aliphatic imine (C=N–C) groups is 1. The van der Waals surface area contributed by atoms with Crippen molar-refractivity contribution in [1.29, 1.82) is 0 Å². The van der Waals surface area contributed by atoms with E-state index in [1.54, 1.807) is 11.3 Å². The van der Waals surface area contributed by atoms with Gasteiger partial charge in [0.1, 0.15) is 0 Å². The summed E-state index contributed by atoms with van der Waals surface area (Å²) in [5, 5.41) is 11.0. The van der Waals surface area contributed by atoms with Crippen LogP contribution in [-0.4, -0.2) is 18.0 Å². The molecular formula is C11H16ClN3S. The smallest absolute Gasteiger partial charge is 0.196 e. The van der Waals surface area contributed by atoms with Gasteiger partial charge in [0.05, 0.1) is 17.8 Å². The summed E-state index contributed by atoms with van der Waals surface area (Å²) in [6, 6.07) is 3.18. The number of hydrogen-bond donors (Lipinski definition) is 2. The van der Waals surface area contributed by atoms with Gasteiger partial charge in [-0.1, -0.05) is 12.8 Å². The molecule has 5 heteroatoms. The molecule has 3 rings (SSSR count). The van der Waals surface area contributed by atoms with Crippen molar-refractivity contribution in [3.8, 4) is 0 Å². The van der Waals surface area contributed by atoms with Gasteiger partial charge in [0.25, 0.3) is 0 Å². The summed E-state index contributed by atoms with van der Waals surface area (Å²) in [5.74, 6) is 0.963. The molecule has 2 atom stereocenters. The van der Waals surface area contributed by atoms with Gasteiger partial charge < -0.3 is 10.6 Å². The van der Waals surface area contributed by atoms with Gasteiger partial charge in [-0.15, -0.1) is 12.4 Å². The van der Waals surface area contributed by atoms with Crippen molar-refractivity contribution in [2.24, 2.45) is 4.99 Å². The summed E-state index contributed by atoms with van der Waals surface area (Å²) in [6.45, 7) is 0. The van der Waals surface area contributed by atoms with E-state index in [4.69, 9.17) is 0 Å². The van der Waals surface area contributed by atoms with Crippen LogP contribution < -0.4 is 10.6 Å². The van der Waals surface area contributed by atoms with Gasteiger partial charge in [-0.3, -0.25) is 0 Å². The quantitative estimate of drug-likeness (QED) is 0.812. The van der Waals surface area contributed by atoms with Gasteiger partial charge in [-0.25, -0.2) is 4.99 Å².